The Bertz CT molecular complexity index is 419. The minimum atomic E-state index is 0.674. The van der Waals surface area contributed by atoms with Crippen LogP contribution in [0.5, 0.6) is 0 Å². The van der Waals surface area contributed by atoms with Crippen LogP contribution in [0.2, 0.25) is 5.02 Å². The third-order valence-electron chi connectivity index (χ3n) is 4.28. The molecule has 0 bridgehead atoms. The Kier molecular flexibility index (Phi) is 6.18. The fourth-order valence-electron chi connectivity index (χ4n) is 3.06. The molecule has 112 valence electrons. The minimum absolute atomic E-state index is 0.674. The third-order valence-corrected chi connectivity index (χ3v) is 4.63. The lowest BCUT2D eigenvalue weighted by Gasteiger charge is -2.32. The summed E-state index contributed by atoms with van der Waals surface area (Å²) in [6.45, 7) is 7.41. The van der Waals surface area contributed by atoms with Gasteiger partial charge < -0.3 is 10.2 Å². The summed E-state index contributed by atoms with van der Waals surface area (Å²) in [5.74, 6) is 0. The largest absolute Gasteiger partial charge is 0.369 e. The molecular weight excluding hydrogens is 268 g/mol. The fraction of sp³-hybridized carbons (Fsp3) is 0.647. The molecule has 1 aliphatic heterocycles. The van der Waals surface area contributed by atoms with E-state index in [1.807, 2.05) is 0 Å². The standard InChI is InChI=1S/C17H27ClN2/c1-3-15-8-6-5-7-11-20(15)16-10-9-14(13-19-4-2)17(18)12-16/h9-10,12,15,19H,3-8,11,13H2,1-2H3. The number of rotatable bonds is 5. The van der Waals surface area contributed by atoms with Crippen LogP contribution in [0.4, 0.5) is 5.69 Å². The second-order valence-corrected chi connectivity index (χ2v) is 6.07. The smallest absolute Gasteiger partial charge is 0.0471 e. The number of hydrogen-bond acceptors (Lipinski definition) is 2. The van der Waals surface area contributed by atoms with Gasteiger partial charge in [-0.15, -0.1) is 0 Å². The molecule has 1 aromatic carbocycles. The van der Waals surface area contributed by atoms with Gasteiger partial charge in [0.1, 0.15) is 0 Å². The van der Waals surface area contributed by atoms with Crippen LogP contribution in [0.15, 0.2) is 18.2 Å². The molecule has 0 aromatic heterocycles. The molecule has 1 heterocycles. The monoisotopic (exact) mass is 294 g/mol. The number of halogens is 1. The van der Waals surface area contributed by atoms with Crippen molar-refractivity contribution in [1.29, 1.82) is 0 Å². The quantitative estimate of drug-likeness (QED) is 0.853. The molecule has 0 saturated carbocycles. The van der Waals surface area contributed by atoms with Crippen molar-refractivity contribution in [2.24, 2.45) is 0 Å². The van der Waals surface area contributed by atoms with E-state index in [4.69, 9.17) is 11.6 Å². The van der Waals surface area contributed by atoms with Crippen molar-refractivity contribution in [2.45, 2.75) is 58.5 Å². The zero-order valence-electron chi connectivity index (χ0n) is 12.8. The van der Waals surface area contributed by atoms with Crippen LogP contribution in [0.3, 0.4) is 0 Å². The Labute approximate surface area is 128 Å². The molecule has 0 radical (unpaired) electrons. The molecule has 20 heavy (non-hydrogen) atoms. The first-order valence-corrected chi connectivity index (χ1v) is 8.39. The van der Waals surface area contributed by atoms with Crippen LogP contribution >= 0.6 is 11.6 Å². The molecule has 2 nitrogen and oxygen atoms in total. The van der Waals surface area contributed by atoms with Crippen molar-refractivity contribution in [1.82, 2.24) is 5.32 Å². The van der Waals surface area contributed by atoms with Gasteiger partial charge in [-0.2, -0.15) is 0 Å². The van der Waals surface area contributed by atoms with Gasteiger partial charge in [0.25, 0.3) is 0 Å². The summed E-state index contributed by atoms with van der Waals surface area (Å²) >= 11 is 6.45. The average Bonchev–Trinajstić information content (AvgIpc) is 2.71. The molecule has 0 amide bonds. The molecule has 0 spiro atoms. The number of hydrogen-bond donors (Lipinski definition) is 1. The molecule has 1 aliphatic rings. The highest BCUT2D eigenvalue weighted by Crippen LogP contribution is 2.29. The molecule has 1 saturated heterocycles. The second-order valence-electron chi connectivity index (χ2n) is 5.66. The van der Waals surface area contributed by atoms with E-state index in [2.05, 4.69) is 42.3 Å². The number of nitrogens with zero attached hydrogens (tertiary/aromatic N) is 1. The third kappa shape index (κ3) is 3.89. The van der Waals surface area contributed by atoms with E-state index in [0.29, 0.717) is 6.04 Å². The number of anilines is 1. The summed E-state index contributed by atoms with van der Waals surface area (Å²) in [7, 11) is 0. The van der Waals surface area contributed by atoms with Crippen LogP contribution in [-0.2, 0) is 6.54 Å². The Balaban J connectivity index is 2.16. The fourth-order valence-corrected chi connectivity index (χ4v) is 3.30. The highest BCUT2D eigenvalue weighted by molar-refractivity contribution is 6.31. The summed E-state index contributed by atoms with van der Waals surface area (Å²) < 4.78 is 0. The molecule has 0 aliphatic carbocycles. The van der Waals surface area contributed by atoms with Crippen molar-refractivity contribution in [3.8, 4) is 0 Å². The topological polar surface area (TPSA) is 15.3 Å². The molecular formula is C17H27ClN2. The lowest BCUT2D eigenvalue weighted by molar-refractivity contribution is 0.556. The lowest BCUT2D eigenvalue weighted by atomic mass is 10.1. The van der Waals surface area contributed by atoms with Gasteiger partial charge in [0, 0.05) is 29.8 Å². The summed E-state index contributed by atoms with van der Waals surface area (Å²) in [6, 6.07) is 7.25. The van der Waals surface area contributed by atoms with Crippen molar-refractivity contribution in [3.05, 3.63) is 28.8 Å². The Morgan fingerprint density at radius 3 is 2.80 bits per heavy atom. The predicted molar refractivity (Wildman–Crippen MR) is 88.7 cm³/mol. The number of benzene rings is 1. The number of nitrogens with one attached hydrogen (secondary N) is 1. The summed E-state index contributed by atoms with van der Waals surface area (Å²) in [5, 5.41) is 4.23. The first-order valence-electron chi connectivity index (χ1n) is 8.02. The molecule has 1 atom stereocenters. The normalized spacial score (nSPS) is 19.9. The van der Waals surface area contributed by atoms with Gasteiger partial charge in [-0.3, -0.25) is 0 Å². The van der Waals surface area contributed by atoms with Gasteiger partial charge in [0.05, 0.1) is 0 Å². The van der Waals surface area contributed by atoms with E-state index in [1.165, 1.54) is 49.9 Å². The van der Waals surface area contributed by atoms with Crippen LogP contribution < -0.4 is 10.2 Å². The average molecular weight is 295 g/mol. The highest BCUT2D eigenvalue weighted by Gasteiger charge is 2.20. The van der Waals surface area contributed by atoms with Crippen molar-refractivity contribution < 1.29 is 0 Å². The van der Waals surface area contributed by atoms with Crippen LogP contribution in [-0.4, -0.2) is 19.1 Å². The van der Waals surface area contributed by atoms with Crippen LogP contribution in [0.1, 0.15) is 51.5 Å². The van der Waals surface area contributed by atoms with Gasteiger partial charge >= 0.3 is 0 Å². The minimum Gasteiger partial charge on any atom is -0.369 e. The van der Waals surface area contributed by atoms with E-state index in [-0.39, 0.29) is 0 Å². The van der Waals surface area contributed by atoms with Crippen molar-refractivity contribution in [3.63, 3.8) is 0 Å². The van der Waals surface area contributed by atoms with E-state index in [1.54, 1.807) is 0 Å². The van der Waals surface area contributed by atoms with Crippen LogP contribution in [0.25, 0.3) is 0 Å². The predicted octanol–water partition coefficient (Wildman–Crippen LogP) is 4.61. The Hall–Kier alpha value is -0.730. The summed E-state index contributed by atoms with van der Waals surface area (Å²) in [4.78, 5) is 2.57. The van der Waals surface area contributed by atoms with Gasteiger partial charge in [0.15, 0.2) is 0 Å². The first-order chi connectivity index (χ1) is 9.76. The molecule has 1 unspecified atom stereocenters. The Morgan fingerprint density at radius 2 is 2.10 bits per heavy atom. The van der Waals surface area contributed by atoms with E-state index in [9.17, 15) is 0 Å². The zero-order chi connectivity index (χ0) is 14.4. The van der Waals surface area contributed by atoms with Gasteiger partial charge in [-0.25, -0.2) is 0 Å². The van der Waals surface area contributed by atoms with Crippen molar-refractivity contribution in [2.75, 3.05) is 18.0 Å². The van der Waals surface area contributed by atoms with Crippen LogP contribution in [0, 0.1) is 0 Å². The molecule has 1 N–H and O–H groups in total. The van der Waals surface area contributed by atoms with Gasteiger partial charge in [-0.05, 0) is 43.5 Å². The maximum Gasteiger partial charge on any atom is 0.0471 e. The first kappa shape index (κ1) is 15.7. The van der Waals surface area contributed by atoms with Gasteiger partial charge in [0.2, 0.25) is 0 Å². The van der Waals surface area contributed by atoms with E-state index >= 15 is 0 Å². The lowest BCUT2D eigenvalue weighted by Crippen LogP contribution is -2.34. The highest BCUT2D eigenvalue weighted by atomic mass is 35.5. The van der Waals surface area contributed by atoms with Crippen molar-refractivity contribution >= 4 is 17.3 Å². The maximum atomic E-state index is 6.45. The van der Waals surface area contributed by atoms with E-state index in [0.717, 1.165) is 18.1 Å². The second kappa shape index (κ2) is 7.90. The summed E-state index contributed by atoms with van der Waals surface area (Å²) in [5.41, 5.74) is 2.49. The molecule has 2 rings (SSSR count). The Morgan fingerprint density at radius 1 is 1.25 bits per heavy atom. The molecule has 3 heteroatoms. The molecule has 1 fully saturated rings. The zero-order valence-corrected chi connectivity index (χ0v) is 13.5. The van der Waals surface area contributed by atoms with Gasteiger partial charge in [-0.1, -0.05) is 44.4 Å². The SMILES string of the molecule is CCNCc1ccc(N2CCCCCC2CC)cc1Cl. The van der Waals surface area contributed by atoms with E-state index < -0.39 is 0 Å². The summed E-state index contributed by atoms with van der Waals surface area (Å²) in [6.07, 6.45) is 6.55. The molecule has 1 aromatic rings. The maximum absolute atomic E-state index is 6.45.